The van der Waals surface area contributed by atoms with Gasteiger partial charge in [-0.1, -0.05) is 120 Å². The van der Waals surface area contributed by atoms with Crippen LogP contribution in [0.15, 0.2) is 43.0 Å². The molecule has 1 aromatic rings. The van der Waals surface area contributed by atoms with E-state index < -0.39 is 0 Å². The normalized spacial score (nSPS) is 12.2. The lowest BCUT2D eigenvalue weighted by Gasteiger charge is -2.14. The summed E-state index contributed by atoms with van der Waals surface area (Å²) in [6.07, 6.45) is 20.0. The highest BCUT2D eigenvalue weighted by atomic mass is 16.5. The third-order valence-corrected chi connectivity index (χ3v) is 4.89. The van der Waals surface area contributed by atoms with Gasteiger partial charge in [0, 0.05) is 6.61 Å². The van der Waals surface area contributed by atoms with E-state index in [1.807, 2.05) is 12.1 Å². The van der Waals surface area contributed by atoms with Gasteiger partial charge in [0.05, 0.1) is 0 Å². The maximum Gasteiger partial charge on any atom is 0.100 e. The van der Waals surface area contributed by atoms with E-state index in [-0.39, 0.29) is 6.10 Å². The standard InChI is InChI=1S/C24H40O/c1-3-5-6-7-8-9-10-11-12-13-14-15-19-22-25-24(4-2)23-20-17-16-18-21-23/h4,16-18,20-21,24H,2-3,5-15,19,22H2,1H3. The Hall–Kier alpha value is -1.08. The Morgan fingerprint density at radius 2 is 1.24 bits per heavy atom. The van der Waals surface area contributed by atoms with E-state index in [2.05, 4.69) is 37.8 Å². The van der Waals surface area contributed by atoms with Gasteiger partial charge in [-0.2, -0.15) is 0 Å². The minimum absolute atomic E-state index is 0.0403. The van der Waals surface area contributed by atoms with Crippen molar-refractivity contribution in [1.29, 1.82) is 0 Å². The van der Waals surface area contributed by atoms with Crippen LogP contribution in [0.4, 0.5) is 0 Å². The highest BCUT2D eigenvalue weighted by Crippen LogP contribution is 2.19. The molecule has 0 saturated carbocycles. The number of hydrogen-bond donors (Lipinski definition) is 0. The SMILES string of the molecule is C=CC(OCCCCCCCCCCCCCCC)c1ccccc1. The van der Waals surface area contributed by atoms with Crippen LogP contribution in [0.1, 0.15) is 102 Å². The Morgan fingerprint density at radius 1 is 0.760 bits per heavy atom. The van der Waals surface area contributed by atoms with Gasteiger partial charge in [-0.3, -0.25) is 0 Å². The van der Waals surface area contributed by atoms with Crippen LogP contribution < -0.4 is 0 Å². The van der Waals surface area contributed by atoms with Gasteiger partial charge in [0.15, 0.2) is 0 Å². The molecular formula is C24H40O. The van der Waals surface area contributed by atoms with Crippen LogP contribution in [0.25, 0.3) is 0 Å². The minimum Gasteiger partial charge on any atom is -0.369 e. The molecule has 0 N–H and O–H groups in total. The number of hydrogen-bond acceptors (Lipinski definition) is 1. The Bertz CT molecular complexity index is 398. The average Bonchev–Trinajstić information content (AvgIpc) is 2.66. The Kier molecular flexibility index (Phi) is 14.4. The summed E-state index contributed by atoms with van der Waals surface area (Å²) in [7, 11) is 0. The molecule has 0 heterocycles. The molecule has 0 amide bonds. The van der Waals surface area contributed by atoms with E-state index in [1.165, 1.54) is 82.6 Å². The van der Waals surface area contributed by atoms with Crippen molar-refractivity contribution in [3.63, 3.8) is 0 Å². The van der Waals surface area contributed by atoms with Crippen molar-refractivity contribution >= 4 is 0 Å². The summed E-state index contributed by atoms with van der Waals surface area (Å²) >= 11 is 0. The molecule has 142 valence electrons. The van der Waals surface area contributed by atoms with Crippen molar-refractivity contribution in [3.8, 4) is 0 Å². The van der Waals surface area contributed by atoms with Crippen LogP contribution in [0.2, 0.25) is 0 Å². The molecule has 25 heavy (non-hydrogen) atoms. The van der Waals surface area contributed by atoms with Crippen molar-refractivity contribution in [2.75, 3.05) is 6.61 Å². The van der Waals surface area contributed by atoms with E-state index in [9.17, 15) is 0 Å². The fourth-order valence-electron chi connectivity index (χ4n) is 3.27. The summed E-state index contributed by atoms with van der Waals surface area (Å²) in [4.78, 5) is 0. The largest absolute Gasteiger partial charge is 0.369 e. The molecule has 0 bridgehead atoms. The second-order valence-corrected chi connectivity index (χ2v) is 7.18. The summed E-state index contributed by atoms with van der Waals surface area (Å²) in [5.74, 6) is 0. The first-order valence-electron chi connectivity index (χ1n) is 10.7. The van der Waals surface area contributed by atoms with Crippen LogP contribution in [0.5, 0.6) is 0 Å². The van der Waals surface area contributed by atoms with Crippen LogP contribution >= 0.6 is 0 Å². The third-order valence-electron chi connectivity index (χ3n) is 4.89. The lowest BCUT2D eigenvalue weighted by Crippen LogP contribution is -2.02. The van der Waals surface area contributed by atoms with Crippen LogP contribution in [-0.2, 0) is 4.74 Å². The Morgan fingerprint density at radius 3 is 1.72 bits per heavy atom. The Balaban J connectivity index is 1.86. The molecule has 0 saturated heterocycles. The van der Waals surface area contributed by atoms with Crippen molar-refractivity contribution in [3.05, 3.63) is 48.6 Å². The molecule has 0 aliphatic rings. The molecule has 1 unspecified atom stereocenters. The fourth-order valence-corrected chi connectivity index (χ4v) is 3.27. The first kappa shape index (κ1) is 22.0. The molecule has 1 nitrogen and oxygen atoms in total. The second kappa shape index (κ2) is 16.4. The predicted octanol–water partition coefficient (Wildman–Crippen LogP) is 8.02. The van der Waals surface area contributed by atoms with Gasteiger partial charge in [0.2, 0.25) is 0 Å². The summed E-state index contributed by atoms with van der Waals surface area (Å²) in [6.45, 7) is 7.02. The van der Waals surface area contributed by atoms with Gasteiger partial charge in [-0.15, -0.1) is 6.58 Å². The minimum atomic E-state index is 0.0403. The van der Waals surface area contributed by atoms with Gasteiger partial charge in [0.1, 0.15) is 6.10 Å². The summed E-state index contributed by atoms with van der Waals surface area (Å²) in [5.41, 5.74) is 1.20. The van der Waals surface area contributed by atoms with Crippen molar-refractivity contribution in [1.82, 2.24) is 0 Å². The molecule has 1 atom stereocenters. The molecule has 1 rings (SSSR count). The molecule has 0 aliphatic heterocycles. The van der Waals surface area contributed by atoms with E-state index in [1.54, 1.807) is 0 Å². The zero-order valence-electron chi connectivity index (χ0n) is 16.6. The molecule has 0 fully saturated rings. The van der Waals surface area contributed by atoms with Gasteiger partial charge in [-0.25, -0.2) is 0 Å². The van der Waals surface area contributed by atoms with E-state index in [0.717, 1.165) is 13.0 Å². The maximum atomic E-state index is 5.96. The Labute approximate surface area is 156 Å². The topological polar surface area (TPSA) is 9.23 Å². The summed E-state index contributed by atoms with van der Waals surface area (Å²) in [6, 6.07) is 10.4. The van der Waals surface area contributed by atoms with Crippen LogP contribution in [0.3, 0.4) is 0 Å². The van der Waals surface area contributed by atoms with Crippen molar-refractivity contribution < 1.29 is 4.74 Å². The number of rotatable bonds is 17. The fraction of sp³-hybridized carbons (Fsp3) is 0.667. The summed E-state index contributed by atoms with van der Waals surface area (Å²) < 4.78 is 5.96. The zero-order chi connectivity index (χ0) is 18.0. The smallest absolute Gasteiger partial charge is 0.100 e. The highest BCUT2D eigenvalue weighted by molar-refractivity contribution is 5.20. The monoisotopic (exact) mass is 344 g/mol. The molecule has 1 aromatic carbocycles. The highest BCUT2D eigenvalue weighted by Gasteiger charge is 2.06. The molecular weight excluding hydrogens is 304 g/mol. The van der Waals surface area contributed by atoms with E-state index >= 15 is 0 Å². The van der Waals surface area contributed by atoms with Gasteiger partial charge in [-0.05, 0) is 12.0 Å². The molecule has 0 aliphatic carbocycles. The maximum absolute atomic E-state index is 5.96. The van der Waals surface area contributed by atoms with E-state index in [4.69, 9.17) is 4.74 Å². The quantitative estimate of drug-likeness (QED) is 0.205. The third kappa shape index (κ3) is 12.0. The van der Waals surface area contributed by atoms with Gasteiger partial charge in [0.25, 0.3) is 0 Å². The van der Waals surface area contributed by atoms with Crippen molar-refractivity contribution in [2.45, 2.75) is 96.5 Å². The van der Waals surface area contributed by atoms with Crippen LogP contribution in [-0.4, -0.2) is 6.61 Å². The van der Waals surface area contributed by atoms with Gasteiger partial charge >= 0.3 is 0 Å². The molecule has 0 radical (unpaired) electrons. The van der Waals surface area contributed by atoms with E-state index in [0.29, 0.717) is 0 Å². The molecule has 1 heteroatoms. The first-order chi connectivity index (χ1) is 12.4. The zero-order valence-corrected chi connectivity index (χ0v) is 16.6. The lowest BCUT2D eigenvalue weighted by atomic mass is 10.0. The van der Waals surface area contributed by atoms with Gasteiger partial charge < -0.3 is 4.74 Å². The molecule has 0 spiro atoms. The predicted molar refractivity (Wildman–Crippen MR) is 111 cm³/mol. The first-order valence-corrected chi connectivity index (χ1v) is 10.7. The van der Waals surface area contributed by atoms with Crippen LogP contribution in [0, 0.1) is 0 Å². The van der Waals surface area contributed by atoms with Crippen molar-refractivity contribution in [2.24, 2.45) is 0 Å². The molecule has 0 aromatic heterocycles. The number of benzene rings is 1. The average molecular weight is 345 g/mol. The number of ether oxygens (including phenoxy) is 1. The lowest BCUT2D eigenvalue weighted by molar-refractivity contribution is 0.0821. The number of unbranched alkanes of at least 4 members (excludes halogenated alkanes) is 12. The second-order valence-electron chi connectivity index (χ2n) is 7.18. The summed E-state index contributed by atoms with van der Waals surface area (Å²) in [5, 5.41) is 0.